The summed E-state index contributed by atoms with van der Waals surface area (Å²) < 4.78 is 0. The molecule has 0 spiro atoms. The zero-order valence-corrected chi connectivity index (χ0v) is 16.3. The summed E-state index contributed by atoms with van der Waals surface area (Å²) in [4.78, 5) is 35.7. The van der Waals surface area contributed by atoms with Crippen LogP contribution in [0.3, 0.4) is 0 Å². The van der Waals surface area contributed by atoms with Gasteiger partial charge in [0, 0.05) is 49.9 Å². The standard InChI is InChI=1S/C22H21N5O3/c28-22(14-17-6-8-19(9-7-17)27(29)30)26-12-10-25(11-13-26)21-15-20(23-16-24-21)18-4-2-1-3-5-18/h1-9,15-16H,10-14H2. The zero-order valence-electron chi connectivity index (χ0n) is 16.3. The number of nitro benzene ring substituents is 1. The van der Waals surface area contributed by atoms with E-state index in [9.17, 15) is 14.9 Å². The number of aromatic nitrogens is 2. The molecule has 1 amide bonds. The molecular formula is C22H21N5O3. The van der Waals surface area contributed by atoms with Crippen molar-refractivity contribution in [3.8, 4) is 11.3 Å². The second kappa shape index (κ2) is 8.69. The van der Waals surface area contributed by atoms with Crippen molar-refractivity contribution in [2.75, 3.05) is 31.1 Å². The van der Waals surface area contributed by atoms with Crippen LogP contribution in [0.2, 0.25) is 0 Å². The van der Waals surface area contributed by atoms with Crippen LogP contribution in [0.4, 0.5) is 11.5 Å². The Morgan fingerprint density at radius 3 is 2.33 bits per heavy atom. The van der Waals surface area contributed by atoms with Gasteiger partial charge in [0.05, 0.1) is 17.0 Å². The Hall–Kier alpha value is -3.81. The molecule has 8 heteroatoms. The molecule has 3 aromatic rings. The summed E-state index contributed by atoms with van der Waals surface area (Å²) in [5.74, 6) is 0.877. The van der Waals surface area contributed by atoms with Crippen LogP contribution in [0.5, 0.6) is 0 Å². The molecule has 1 aromatic heterocycles. The van der Waals surface area contributed by atoms with Crippen molar-refractivity contribution in [1.82, 2.24) is 14.9 Å². The average molecular weight is 403 g/mol. The fourth-order valence-electron chi connectivity index (χ4n) is 3.49. The lowest BCUT2D eigenvalue weighted by atomic mass is 10.1. The first-order chi connectivity index (χ1) is 14.6. The number of benzene rings is 2. The maximum absolute atomic E-state index is 12.6. The largest absolute Gasteiger partial charge is 0.353 e. The van der Waals surface area contributed by atoms with E-state index in [-0.39, 0.29) is 18.0 Å². The van der Waals surface area contributed by atoms with Gasteiger partial charge >= 0.3 is 0 Å². The Morgan fingerprint density at radius 2 is 1.67 bits per heavy atom. The molecule has 30 heavy (non-hydrogen) atoms. The maximum Gasteiger partial charge on any atom is 0.269 e. The van der Waals surface area contributed by atoms with E-state index >= 15 is 0 Å². The third-order valence-electron chi connectivity index (χ3n) is 5.18. The van der Waals surface area contributed by atoms with Crippen molar-refractivity contribution in [3.63, 3.8) is 0 Å². The number of hydrogen-bond acceptors (Lipinski definition) is 6. The Morgan fingerprint density at radius 1 is 0.967 bits per heavy atom. The molecule has 0 radical (unpaired) electrons. The molecule has 1 saturated heterocycles. The van der Waals surface area contributed by atoms with Crippen molar-refractivity contribution in [1.29, 1.82) is 0 Å². The van der Waals surface area contributed by atoms with Gasteiger partial charge in [-0.05, 0) is 5.56 Å². The number of hydrogen-bond donors (Lipinski definition) is 0. The predicted octanol–water partition coefficient (Wildman–Crippen LogP) is 2.94. The van der Waals surface area contributed by atoms with Crippen molar-refractivity contribution in [2.24, 2.45) is 0 Å². The maximum atomic E-state index is 12.6. The van der Waals surface area contributed by atoms with E-state index in [0.29, 0.717) is 26.2 Å². The van der Waals surface area contributed by atoms with Crippen LogP contribution in [0, 0.1) is 10.1 Å². The highest BCUT2D eigenvalue weighted by Crippen LogP contribution is 2.21. The summed E-state index contributed by atoms with van der Waals surface area (Å²) in [6.45, 7) is 2.60. The molecular weight excluding hydrogens is 382 g/mol. The van der Waals surface area contributed by atoms with Gasteiger partial charge < -0.3 is 9.80 Å². The molecule has 0 bridgehead atoms. The SMILES string of the molecule is O=C(Cc1ccc([N+](=O)[O-])cc1)N1CCN(c2cc(-c3ccccc3)ncn2)CC1. The van der Waals surface area contributed by atoms with E-state index < -0.39 is 4.92 Å². The number of rotatable bonds is 5. The first kappa shape index (κ1) is 19.5. The molecule has 2 heterocycles. The fourth-order valence-corrected chi connectivity index (χ4v) is 3.49. The molecule has 0 N–H and O–H groups in total. The van der Waals surface area contributed by atoms with Crippen LogP contribution < -0.4 is 4.90 Å². The van der Waals surface area contributed by atoms with Gasteiger partial charge in [-0.1, -0.05) is 42.5 Å². The number of nitrogens with zero attached hydrogens (tertiary/aromatic N) is 5. The second-order valence-corrected chi connectivity index (χ2v) is 7.10. The molecule has 1 fully saturated rings. The highest BCUT2D eigenvalue weighted by molar-refractivity contribution is 5.79. The lowest BCUT2D eigenvalue weighted by molar-refractivity contribution is -0.384. The van der Waals surface area contributed by atoms with E-state index in [1.165, 1.54) is 12.1 Å². The van der Waals surface area contributed by atoms with E-state index in [4.69, 9.17) is 0 Å². The minimum Gasteiger partial charge on any atom is -0.353 e. The van der Waals surface area contributed by atoms with Crippen molar-refractivity contribution in [2.45, 2.75) is 6.42 Å². The number of amides is 1. The lowest BCUT2D eigenvalue weighted by Crippen LogP contribution is -2.49. The van der Waals surface area contributed by atoms with Gasteiger partial charge in [-0.25, -0.2) is 9.97 Å². The smallest absolute Gasteiger partial charge is 0.269 e. The van der Waals surface area contributed by atoms with E-state index in [1.54, 1.807) is 18.5 Å². The number of carbonyl (C=O) groups excluding carboxylic acids is 1. The normalized spacial score (nSPS) is 13.9. The van der Waals surface area contributed by atoms with E-state index in [1.807, 2.05) is 41.3 Å². The van der Waals surface area contributed by atoms with Crippen LogP contribution in [0.25, 0.3) is 11.3 Å². The van der Waals surface area contributed by atoms with Crippen LogP contribution in [-0.4, -0.2) is 51.9 Å². The van der Waals surface area contributed by atoms with Gasteiger partial charge in [0.15, 0.2) is 0 Å². The summed E-state index contributed by atoms with van der Waals surface area (Å²) in [6, 6.07) is 18.1. The van der Waals surface area contributed by atoms with Crippen LogP contribution >= 0.6 is 0 Å². The summed E-state index contributed by atoms with van der Waals surface area (Å²) in [5, 5.41) is 10.7. The van der Waals surface area contributed by atoms with Gasteiger partial charge in [-0.15, -0.1) is 0 Å². The fraction of sp³-hybridized carbons (Fsp3) is 0.227. The number of carbonyl (C=O) groups is 1. The zero-order chi connectivity index (χ0) is 20.9. The topological polar surface area (TPSA) is 92.5 Å². The summed E-state index contributed by atoms with van der Waals surface area (Å²) >= 11 is 0. The average Bonchev–Trinajstić information content (AvgIpc) is 2.80. The Labute approximate surface area is 174 Å². The van der Waals surface area contributed by atoms with Gasteiger partial charge in [0.25, 0.3) is 5.69 Å². The van der Waals surface area contributed by atoms with Crippen molar-refractivity contribution >= 4 is 17.4 Å². The van der Waals surface area contributed by atoms with Crippen LogP contribution in [0.15, 0.2) is 67.0 Å². The second-order valence-electron chi connectivity index (χ2n) is 7.10. The third-order valence-corrected chi connectivity index (χ3v) is 5.18. The highest BCUT2D eigenvalue weighted by Gasteiger charge is 2.22. The molecule has 0 atom stereocenters. The molecule has 2 aromatic carbocycles. The summed E-state index contributed by atoms with van der Waals surface area (Å²) in [7, 11) is 0. The highest BCUT2D eigenvalue weighted by atomic mass is 16.6. The van der Waals surface area contributed by atoms with Gasteiger partial charge in [-0.3, -0.25) is 14.9 Å². The molecule has 1 aliphatic rings. The van der Waals surface area contributed by atoms with E-state index in [0.717, 1.165) is 22.6 Å². The quantitative estimate of drug-likeness (QED) is 0.480. The van der Waals surface area contributed by atoms with Gasteiger partial charge in [-0.2, -0.15) is 0 Å². The van der Waals surface area contributed by atoms with Gasteiger partial charge in [0.2, 0.25) is 5.91 Å². The Balaban J connectivity index is 1.36. The third kappa shape index (κ3) is 4.43. The monoisotopic (exact) mass is 403 g/mol. The molecule has 0 saturated carbocycles. The van der Waals surface area contributed by atoms with Gasteiger partial charge in [0.1, 0.15) is 12.1 Å². The lowest BCUT2D eigenvalue weighted by Gasteiger charge is -2.35. The molecule has 8 nitrogen and oxygen atoms in total. The molecule has 4 rings (SSSR count). The summed E-state index contributed by atoms with van der Waals surface area (Å²) in [6.07, 6.45) is 1.81. The Bertz CT molecular complexity index is 1030. The molecule has 1 aliphatic heterocycles. The molecule has 152 valence electrons. The molecule has 0 aliphatic carbocycles. The van der Waals surface area contributed by atoms with Crippen molar-refractivity contribution < 1.29 is 9.72 Å². The van der Waals surface area contributed by atoms with Crippen molar-refractivity contribution in [3.05, 3.63) is 82.7 Å². The Kier molecular flexibility index (Phi) is 5.65. The minimum absolute atomic E-state index is 0.0242. The minimum atomic E-state index is -0.443. The number of nitro groups is 1. The number of piperazine rings is 1. The number of non-ortho nitro benzene ring substituents is 1. The summed E-state index contributed by atoms with van der Waals surface area (Å²) in [5.41, 5.74) is 2.71. The predicted molar refractivity (Wildman–Crippen MR) is 113 cm³/mol. The van der Waals surface area contributed by atoms with Crippen LogP contribution in [-0.2, 0) is 11.2 Å². The first-order valence-electron chi connectivity index (χ1n) is 9.74. The van der Waals surface area contributed by atoms with E-state index in [2.05, 4.69) is 14.9 Å². The number of anilines is 1. The molecule has 0 unspecified atom stereocenters. The van der Waals surface area contributed by atoms with Crippen LogP contribution in [0.1, 0.15) is 5.56 Å². The first-order valence-corrected chi connectivity index (χ1v) is 9.74.